The van der Waals surface area contributed by atoms with E-state index in [-0.39, 0.29) is 5.91 Å². The summed E-state index contributed by atoms with van der Waals surface area (Å²) in [5, 5.41) is 0. The standard InChI is InChI=1S/C14H20BrN3O/c1-3-13-9-18(5-4-17(13)2)14(19)10-6-11(15)8-12(16)7-10/h6-8,13H,3-5,9,16H2,1-2H3. The van der Waals surface area contributed by atoms with E-state index in [1.165, 1.54) is 0 Å². The first-order chi connectivity index (χ1) is 9.01. The molecule has 2 N–H and O–H groups in total. The molecule has 5 heteroatoms. The van der Waals surface area contributed by atoms with Crippen molar-refractivity contribution in [1.82, 2.24) is 9.80 Å². The number of hydrogen-bond donors (Lipinski definition) is 1. The first kappa shape index (κ1) is 14.3. The van der Waals surface area contributed by atoms with E-state index in [1.807, 2.05) is 11.0 Å². The average molecular weight is 326 g/mol. The zero-order valence-corrected chi connectivity index (χ0v) is 13.0. The molecule has 19 heavy (non-hydrogen) atoms. The smallest absolute Gasteiger partial charge is 0.254 e. The molecule has 1 saturated heterocycles. The molecular formula is C14H20BrN3O. The molecule has 1 aliphatic heterocycles. The minimum atomic E-state index is 0.0690. The topological polar surface area (TPSA) is 49.6 Å². The van der Waals surface area contributed by atoms with Gasteiger partial charge in [-0.25, -0.2) is 0 Å². The maximum Gasteiger partial charge on any atom is 0.254 e. The minimum absolute atomic E-state index is 0.0690. The first-order valence-corrected chi connectivity index (χ1v) is 7.36. The molecule has 0 saturated carbocycles. The third-order valence-electron chi connectivity index (χ3n) is 3.70. The van der Waals surface area contributed by atoms with Crippen LogP contribution in [0.5, 0.6) is 0 Å². The van der Waals surface area contributed by atoms with Crippen LogP contribution in [0.1, 0.15) is 23.7 Å². The van der Waals surface area contributed by atoms with E-state index >= 15 is 0 Å². The third-order valence-corrected chi connectivity index (χ3v) is 4.16. The second-order valence-electron chi connectivity index (χ2n) is 5.07. The van der Waals surface area contributed by atoms with Gasteiger partial charge in [-0.1, -0.05) is 22.9 Å². The van der Waals surface area contributed by atoms with Gasteiger partial charge in [0.1, 0.15) is 0 Å². The summed E-state index contributed by atoms with van der Waals surface area (Å²) in [6, 6.07) is 5.82. The third kappa shape index (κ3) is 3.28. The number of amides is 1. The summed E-state index contributed by atoms with van der Waals surface area (Å²) < 4.78 is 0.844. The van der Waals surface area contributed by atoms with Crippen LogP contribution in [0.4, 0.5) is 5.69 Å². The van der Waals surface area contributed by atoms with E-state index in [2.05, 4.69) is 34.8 Å². The molecule has 1 heterocycles. The highest BCUT2D eigenvalue weighted by Gasteiger charge is 2.26. The summed E-state index contributed by atoms with van der Waals surface area (Å²) in [5.74, 6) is 0.0690. The Balaban J connectivity index is 2.15. The molecule has 0 bridgehead atoms. The van der Waals surface area contributed by atoms with Crippen molar-refractivity contribution in [2.75, 3.05) is 32.4 Å². The van der Waals surface area contributed by atoms with Gasteiger partial charge in [-0.3, -0.25) is 9.69 Å². The summed E-state index contributed by atoms with van der Waals surface area (Å²) in [6.07, 6.45) is 1.06. The van der Waals surface area contributed by atoms with Crippen LogP contribution in [0.3, 0.4) is 0 Å². The first-order valence-electron chi connectivity index (χ1n) is 6.57. The molecule has 1 fully saturated rings. The lowest BCUT2D eigenvalue weighted by Crippen LogP contribution is -2.52. The minimum Gasteiger partial charge on any atom is -0.399 e. The lowest BCUT2D eigenvalue weighted by molar-refractivity contribution is 0.0542. The number of rotatable bonds is 2. The van der Waals surface area contributed by atoms with E-state index in [9.17, 15) is 4.79 Å². The summed E-state index contributed by atoms with van der Waals surface area (Å²) in [6.45, 7) is 4.65. The van der Waals surface area contributed by atoms with Crippen LogP contribution in [0, 0.1) is 0 Å². The fourth-order valence-electron chi connectivity index (χ4n) is 2.49. The van der Waals surface area contributed by atoms with Crippen molar-refractivity contribution in [2.45, 2.75) is 19.4 Å². The van der Waals surface area contributed by atoms with Gasteiger partial charge >= 0.3 is 0 Å². The van der Waals surface area contributed by atoms with E-state index in [0.717, 1.165) is 30.5 Å². The van der Waals surface area contributed by atoms with Gasteiger partial charge in [0.15, 0.2) is 0 Å². The molecule has 1 unspecified atom stereocenters. The zero-order valence-electron chi connectivity index (χ0n) is 11.4. The molecule has 1 atom stereocenters. The number of anilines is 1. The molecule has 0 radical (unpaired) electrons. The number of carbonyl (C=O) groups is 1. The number of nitrogens with zero attached hydrogens (tertiary/aromatic N) is 2. The van der Waals surface area contributed by atoms with Crippen LogP contribution < -0.4 is 5.73 Å². The second kappa shape index (κ2) is 5.92. The Morgan fingerprint density at radius 3 is 2.79 bits per heavy atom. The van der Waals surface area contributed by atoms with Gasteiger partial charge in [0.05, 0.1) is 0 Å². The molecule has 104 valence electrons. The Morgan fingerprint density at radius 2 is 2.16 bits per heavy atom. The normalized spacial score (nSPS) is 20.6. The molecule has 0 aromatic heterocycles. The summed E-state index contributed by atoms with van der Waals surface area (Å²) >= 11 is 3.38. The summed E-state index contributed by atoms with van der Waals surface area (Å²) in [7, 11) is 2.12. The van der Waals surface area contributed by atoms with Crippen LogP contribution in [-0.2, 0) is 0 Å². The van der Waals surface area contributed by atoms with Crippen LogP contribution in [-0.4, -0.2) is 48.4 Å². The van der Waals surface area contributed by atoms with Gasteiger partial charge in [0.25, 0.3) is 5.91 Å². The van der Waals surface area contributed by atoms with Crippen molar-refractivity contribution in [3.8, 4) is 0 Å². The fourth-order valence-corrected chi connectivity index (χ4v) is 3.00. The maximum atomic E-state index is 12.5. The predicted molar refractivity (Wildman–Crippen MR) is 81.2 cm³/mol. The number of nitrogen functional groups attached to an aromatic ring is 1. The molecule has 2 rings (SSSR count). The largest absolute Gasteiger partial charge is 0.399 e. The lowest BCUT2D eigenvalue weighted by Gasteiger charge is -2.39. The van der Waals surface area contributed by atoms with Crippen molar-refractivity contribution in [3.05, 3.63) is 28.2 Å². The summed E-state index contributed by atoms with van der Waals surface area (Å²) in [4.78, 5) is 16.7. The van der Waals surface area contributed by atoms with Crippen LogP contribution in [0.25, 0.3) is 0 Å². The molecule has 0 aliphatic carbocycles. The second-order valence-corrected chi connectivity index (χ2v) is 5.98. The van der Waals surface area contributed by atoms with Crippen molar-refractivity contribution < 1.29 is 4.79 Å². The number of piperazine rings is 1. The molecule has 0 spiro atoms. The van der Waals surface area contributed by atoms with Crippen LogP contribution in [0.15, 0.2) is 22.7 Å². The Bertz CT molecular complexity index is 458. The average Bonchev–Trinajstić information content (AvgIpc) is 2.37. The number of halogens is 1. The Morgan fingerprint density at radius 1 is 1.42 bits per heavy atom. The molecule has 1 amide bonds. The molecule has 1 aromatic rings. The van der Waals surface area contributed by atoms with E-state index in [4.69, 9.17) is 5.73 Å². The van der Waals surface area contributed by atoms with Gasteiger partial charge in [0.2, 0.25) is 0 Å². The Kier molecular flexibility index (Phi) is 4.47. The van der Waals surface area contributed by atoms with Crippen molar-refractivity contribution in [1.29, 1.82) is 0 Å². The fraction of sp³-hybridized carbons (Fsp3) is 0.500. The Labute approximate surface area is 122 Å². The van der Waals surface area contributed by atoms with E-state index < -0.39 is 0 Å². The van der Waals surface area contributed by atoms with Gasteiger partial charge in [0, 0.05) is 41.4 Å². The quantitative estimate of drug-likeness (QED) is 0.848. The molecule has 1 aromatic carbocycles. The zero-order chi connectivity index (χ0) is 14.0. The molecule has 4 nitrogen and oxygen atoms in total. The van der Waals surface area contributed by atoms with Crippen LogP contribution in [0.2, 0.25) is 0 Å². The number of carbonyl (C=O) groups excluding carboxylic acids is 1. The number of hydrogen-bond acceptors (Lipinski definition) is 3. The maximum absolute atomic E-state index is 12.5. The lowest BCUT2D eigenvalue weighted by atomic mass is 10.1. The number of likely N-dealkylation sites (N-methyl/N-ethyl adjacent to an activating group) is 1. The van der Waals surface area contributed by atoms with Crippen molar-refractivity contribution >= 4 is 27.5 Å². The van der Waals surface area contributed by atoms with Gasteiger partial charge in [-0.2, -0.15) is 0 Å². The Hall–Kier alpha value is -1.07. The van der Waals surface area contributed by atoms with E-state index in [1.54, 1.807) is 12.1 Å². The van der Waals surface area contributed by atoms with Gasteiger partial charge in [-0.15, -0.1) is 0 Å². The van der Waals surface area contributed by atoms with E-state index in [0.29, 0.717) is 17.3 Å². The highest BCUT2D eigenvalue weighted by Crippen LogP contribution is 2.20. The van der Waals surface area contributed by atoms with Crippen molar-refractivity contribution in [3.63, 3.8) is 0 Å². The monoisotopic (exact) mass is 325 g/mol. The molecular weight excluding hydrogens is 306 g/mol. The van der Waals surface area contributed by atoms with Gasteiger partial charge in [-0.05, 0) is 31.7 Å². The molecule has 1 aliphatic rings. The van der Waals surface area contributed by atoms with Crippen molar-refractivity contribution in [2.24, 2.45) is 0 Å². The number of benzene rings is 1. The number of nitrogens with two attached hydrogens (primary N) is 1. The highest BCUT2D eigenvalue weighted by atomic mass is 79.9. The SMILES string of the molecule is CCC1CN(C(=O)c2cc(N)cc(Br)c2)CCN1C. The van der Waals surface area contributed by atoms with Crippen LogP contribution >= 0.6 is 15.9 Å². The predicted octanol–water partition coefficient (Wildman–Crippen LogP) is 2.20. The highest BCUT2D eigenvalue weighted by molar-refractivity contribution is 9.10. The summed E-state index contributed by atoms with van der Waals surface area (Å²) in [5.41, 5.74) is 7.06. The van der Waals surface area contributed by atoms with Gasteiger partial charge < -0.3 is 10.6 Å².